The van der Waals surface area contributed by atoms with Gasteiger partial charge in [0.05, 0.1) is 11.6 Å². The first-order valence-electron chi connectivity index (χ1n) is 6.64. The number of carbonyl (C=O) groups is 1. The monoisotopic (exact) mass is 289 g/mol. The standard InChI is InChI=1S/C15H16N2O4/c1-14(13(19)20)12(18)15(2,21)17-8-7-9-5-3-4-6-10(9)11(17)16-14/h3-8,12,18,21H,1-2H3,(H,19,20)/p+1. The third kappa shape index (κ3) is 1.73. The van der Waals surface area contributed by atoms with Gasteiger partial charge < -0.3 is 15.3 Å². The first-order valence-corrected chi connectivity index (χ1v) is 6.64. The molecule has 1 aromatic carbocycles. The molecule has 6 heteroatoms. The van der Waals surface area contributed by atoms with E-state index in [1.165, 1.54) is 18.4 Å². The summed E-state index contributed by atoms with van der Waals surface area (Å²) in [4.78, 5) is 11.6. The van der Waals surface area contributed by atoms with Gasteiger partial charge in [-0.15, -0.1) is 0 Å². The lowest BCUT2D eigenvalue weighted by Gasteiger charge is -2.40. The molecule has 2 heterocycles. The molecule has 21 heavy (non-hydrogen) atoms. The molecular formula is C15H17N2O4+. The van der Waals surface area contributed by atoms with Crippen molar-refractivity contribution in [2.45, 2.75) is 31.2 Å². The van der Waals surface area contributed by atoms with Crippen molar-refractivity contribution in [1.29, 1.82) is 0 Å². The zero-order valence-electron chi connectivity index (χ0n) is 11.7. The van der Waals surface area contributed by atoms with E-state index in [0.29, 0.717) is 5.82 Å². The first kappa shape index (κ1) is 13.8. The summed E-state index contributed by atoms with van der Waals surface area (Å²) in [6.45, 7) is 2.76. The number of aromatic nitrogens is 1. The van der Waals surface area contributed by atoms with Crippen molar-refractivity contribution >= 4 is 22.6 Å². The van der Waals surface area contributed by atoms with Gasteiger partial charge >= 0.3 is 5.97 Å². The lowest BCUT2D eigenvalue weighted by Crippen LogP contribution is -2.75. The van der Waals surface area contributed by atoms with E-state index in [4.69, 9.17) is 0 Å². The Morgan fingerprint density at radius 1 is 1.29 bits per heavy atom. The molecule has 0 amide bonds. The maximum atomic E-state index is 11.6. The lowest BCUT2D eigenvalue weighted by atomic mass is 9.84. The molecule has 1 aliphatic heterocycles. The molecule has 0 aliphatic carbocycles. The number of nitrogens with zero attached hydrogens (tertiary/aromatic N) is 1. The van der Waals surface area contributed by atoms with Crippen molar-refractivity contribution in [2.75, 3.05) is 5.32 Å². The van der Waals surface area contributed by atoms with Gasteiger partial charge in [0, 0.05) is 6.92 Å². The van der Waals surface area contributed by atoms with Gasteiger partial charge in [-0.3, -0.25) is 5.32 Å². The van der Waals surface area contributed by atoms with E-state index in [-0.39, 0.29) is 0 Å². The Hall–Kier alpha value is -2.18. The van der Waals surface area contributed by atoms with Crippen LogP contribution >= 0.6 is 0 Å². The molecule has 0 radical (unpaired) electrons. The fourth-order valence-electron chi connectivity index (χ4n) is 2.89. The summed E-state index contributed by atoms with van der Waals surface area (Å²) < 4.78 is 1.46. The molecule has 3 unspecified atom stereocenters. The first-order chi connectivity index (χ1) is 9.78. The predicted octanol–water partition coefficient (Wildman–Crippen LogP) is 0.422. The van der Waals surface area contributed by atoms with Crippen molar-refractivity contribution in [3.05, 3.63) is 36.5 Å². The molecule has 2 aromatic rings. The molecule has 1 aromatic heterocycles. The van der Waals surface area contributed by atoms with Crippen molar-refractivity contribution in [3.8, 4) is 0 Å². The summed E-state index contributed by atoms with van der Waals surface area (Å²) in [5.41, 5.74) is -3.43. The highest BCUT2D eigenvalue weighted by atomic mass is 16.4. The second kappa shape index (κ2) is 4.16. The van der Waals surface area contributed by atoms with E-state index in [1.54, 1.807) is 6.20 Å². The molecule has 110 valence electrons. The molecule has 3 rings (SSSR count). The van der Waals surface area contributed by atoms with Gasteiger partial charge in [0.2, 0.25) is 11.3 Å². The lowest BCUT2D eigenvalue weighted by molar-refractivity contribution is -0.805. The number of aliphatic hydroxyl groups excluding tert-OH is 1. The van der Waals surface area contributed by atoms with Crippen LogP contribution in [0.25, 0.3) is 10.8 Å². The molecule has 0 saturated carbocycles. The Bertz CT molecular complexity index is 744. The van der Waals surface area contributed by atoms with E-state index in [0.717, 1.165) is 10.8 Å². The number of benzene rings is 1. The van der Waals surface area contributed by atoms with Crippen molar-refractivity contribution < 1.29 is 24.7 Å². The minimum Gasteiger partial charge on any atom is -0.478 e. The zero-order chi connectivity index (χ0) is 15.4. The largest absolute Gasteiger partial charge is 0.478 e. The highest BCUT2D eigenvalue weighted by Crippen LogP contribution is 2.34. The summed E-state index contributed by atoms with van der Waals surface area (Å²) in [6, 6.07) is 9.26. The SMILES string of the molecule is CC1(C(=O)O)Nc2c3ccccc3cc[n+]2C(C)(O)C1O. The molecule has 0 saturated heterocycles. The third-order valence-corrected chi connectivity index (χ3v) is 4.23. The van der Waals surface area contributed by atoms with Gasteiger partial charge in [-0.2, -0.15) is 0 Å². The fourth-order valence-corrected chi connectivity index (χ4v) is 2.89. The fraction of sp³-hybridized carbons (Fsp3) is 0.333. The second-order valence-electron chi connectivity index (χ2n) is 5.75. The number of nitrogens with one attached hydrogen (secondary N) is 1. The molecule has 4 N–H and O–H groups in total. The number of aliphatic carboxylic acids is 1. The summed E-state index contributed by atoms with van der Waals surface area (Å²) >= 11 is 0. The minimum absolute atomic E-state index is 0.466. The Kier molecular flexibility index (Phi) is 2.73. The van der Waals surface area contributed by atoms with E-state index in [1.807, 2.05) is 30.3 Å². The normalized spacial score (nSPS) is 31.5. The number of carboxylic acid groups (broad SMARTS) is 1. The summed E-state index contributed by atoms with van der Waals surface area (Å²) in [5.74, 6) is -0.761. The summed E-state index contributed by atoms with van der Waals surface area (Å²) in [7, 11) is 0. The Balaban J connectivity index is 2.34. The quantitative estimate of drug-likeness (QED) is 0.571. The molecule has 3 atom stereocenters. The highest BCUT2D eigenvalue weighted by molar-refractivity contribution is 5.93. The van der Waals surface area contributed by atoms with Crippen LogP contribution in [0.4, 0.5) is 5.82 Å². The van der Waals surface area contributed by atoms with Crippen LogP contribution in [0, 0.1) is 0 Å². The minimum atomic E-state index is -1.74. The van der Waals surface area contributed by atoms with Crippen LogP contribution in [-0.4, -0.2) is 32.9 Å². The Morgan fingerprint density at radius 2 is 1.95 bits per heavy atom. The number of aliphatic hydroxyl groups is 2. The van der Waals surface area contributed by atoms with Gasteiger partial charge in [-0.1, -0.05) is 18.2 Å². The van der Waals surface area contributed by atoms with Crippen molar-refractivity contribution in [3.63, 3.8) is 0 Å². The van der Waals surface area contributed by atoms with Gasteiger partial charge in [-0.05, 0) is 24.4 Å². The van der Waals surface area contributed by atoms with E-state index in [9.17, 15) is 20.1 Å². The number of hydrogen-bond acceptors (Lipinski definition) is 4. The molecule has 0 fully saturated rings. The molecule has 1 aliphatic rings. The number of hydrogen-bond donors (Lipinski definition) is 4. The van der Waals surface area contributed by atoms with Crippen LogP contribution < -0.4 is 9.88 Å². The number of fused-ring (bicyclic) bond motifs is 3. The predicted molar refractivity (Wildman–Crippen MR) is 75.7 cm³/mol. The van der Waals surface area contributed by atoms with Crippen molar-refractivity contribution in [2.24, 2.45) is 0 Å². The van der Waals surface area contributed by atoms with Gasteiger partial charge in [0.15, 0.2) is 6.10 Å². The van der Waals surface area contributed by atoms with Crippen LogP contribution in [-0.2, 0) is 10.5 Å². The topological polar surface area (TPSA) is 93.7 Å². The number of carboxylic acids is 1. The maximum Gasteiger partial charge on any atom is 0.354 e. The van der Waals surface area contributed by atoms with Gasteiger partial charge in [0.25, 0.3) is 5.82 Å². The van der Waals surface area contributed by atoms with Crippen LogP contribution in [0.3, 0.4) is 0 Å². The summed E-state index contributed by atoms with van der Waals surface area (Å²) in [6.07, 6.45) is 0.121. The number of pyridine rings is 1. The Morgan fingerprint density at radius 3 is 2.62 bits per heavy atom. The zero-order valence-corrected chi connectivity index (χ0v) is 11.7. The third-order valence-electron chi connectivity index (χ3n) is 4.23. The van der Waals surface area contributed by atoms with Gasteiger partial charge in [-0.25, -0.2) is 9.36 Å². The van der Waals surface area contributed by atoms with E-state index in [2.05, 4.69) is 5.32 Å². The Labute approximate surface area is 121 Å². The van der Waals surface area contributed by atoms with Crippen LogP contribution in [0.5, 0.6) is 0 Å². The average molecular weight is 289 g/mol. The number of rotatable bonds is 1. The van der Waals surface area contributed by atoms with E-state index < -0.39 is 23.3 Å². The van der Waals surface area contributed by atoms with Gasteiger partial charge in [0.1, 0.15) is 0 Å². The van der Waals surface area contributed by atoms with Crippen molar-refractivity contribution in [1.82, 2.24) is 0 Å². The highest BCUT2D eigenvalue weighted by Gasteiger charge is 2.60. The van der Waals surface area contributed by atoms with Crippen LogP contribution in [0.1, 0.15) is 13.8 Å². The smallest absolute Gasteiger partial charge is 0.354 e. The molecule has 0 spiro atoms. The van der Waals surface area contributed by atoms with E-state index >= 15 is 0 Å². The van der Waals surface area contributed by atoms with Crippen LogP contribution in [0.2, 0.25) is 0 Å². The second-order valence-corrected chi connectivity index (χ2v) is 5.75. The molecular weight excluding hydrogens is 272 g/mol. The summed E-state index contributed by atoms with van der Waals surface area (Å²) in [5, 5.41) is 35.0. The van der Waals surface area contributed by atoms with Crippen LogP contribution in [0.15, 0.2) is 36.5 Å². The molecule has 0 bridgehead atoms. The maximum absolute atomic E-state index is 11.6. The molecule has 6 nitrogen and oxygen atoms in total. The number of anilines is 1. The average Bonchev–Trinajstić information content (AvgIpc) is 2.45.